The highest BCUT2D eigenvalue weighted by Gasteiger charge is 2.35. The number of carbonyl (C=O) groups excluding carboxylic acids is 2. The molecule has 9 heteroatoms. The molecule has 160 valence electrons. The van der Waals surface area contributed by atoms with Gasteiger partial charge in [-0.05, 0) is 37.1 Å². The normalized spacial score (nSPS) is 13.8. The molecule has 2 aromatic carbocycles. The monoisotopic (exact) mass is 448 g/mol. The minimum Gasteiger partial charge on any atom is -0.452 e. The highest BCUT2D eigenvalue weighted by atomic mass is 35.5. The number of fused-ring (bicyclic) bond motifs is 1. The molecule has 0 atom stereocenters. The molecular formula is C22H16ClF3N2O3. The van der Waals surface area contributed by atoms with Gasteiger partial charge in [0.15, 0.2) is 6.61 Å². The number of esters is 1. The first-order valence-electron chi connectivity index (χ1n) is 9.46. The molecule has 1 saturated carbocycles. The van der Waals surface area contributed by atoms with Crippen molar-refractivity contribution in [1.29, 1.82) is 0 Å². The third kappa shape index (κ3) is 4.64. The van der Waals surface area contributed by atoms with E-state index in [1.165, 1.54) is 6.07 Å². The zero-order chi connectivity index (χ0) is 22.2. The first-order chi connectivity index (χ1) is 14.7. The number of rotatable bonds is 5. The lowest BCUT2D eigenvalue weighted by molar-refractivity contribution is -0.137. The van der Waals surface area contributed by atoms with Gasteiger partial charge in [0.1, 0.15) is 0 Å². The van der Waals surface area contributed by atoms with E-state index in [-0.39, 0.29) is 10.6 Å². The number of hydrogen-bond acceptors (Lipinski definition) is 4. The van der Waals surface area contributed by atoms with Gasteiger partial charge < -0.3 is 10.1 Å². The van der Waals surface area contributed by atoms with Crippen LogP contribution in [0, 0.1) is 0 Å². The molecular weight excluding hydrogens is 433 g/mol. The number of para-hydroxylation sites is 2. The smallest absolute Gasteiger partial charge is 0.418 e. The molecule has 3 aromatic rings. The maximum Gasteiger partial charge on any atom is 0.418 e. The summed E-state index contributed by atoms with van der Waals surface area (Å²) in [5.74, 6) is -1.40. The summed E-state index contributed by atoms with van der Waals surface area (Å²) >= 11 is 5.83. The Morgan fingerprint density at radius 1 is 1.13 bits per heavy atom. The minimum atomic E-state index is -4.71. The second-order valence-electron chi connectivity index (χ2n) is 7.17. The predicted molar refractivity (Wildman–Crippen MR) is 109 cm³/mol. The number of pyridine rings is 1. The van der Waals surface area contributed by atoms with E-state index in [4.69, 9.17) is 16.3 Å². The van der Waals surface area contributed by atoms with Gasteiger partial charge in [0, 0.05) is 17.0 Å². The van der Waals surface area contributed by atoms with E-state index in [0.29, 0.717) is 16.8 Å². The van der Waals surface area contributed by atoms with Gasteiger partial charge in [-0.1, -0.05) is 35.9 Å². The lowest BCUT2D eigenvalue weighted by Crippen LogP contribution is -2.23. The highest BCUT2D eigenvalue weighted by Crippen LogP contribution is 2.40. The number of nitrogens with zero attached hydrogens (tertiary/aromatic N) is 1. The number of carbonyl (C=O) groups is 2. The average Bonchev–Trinajstić information content (AvgIpc) is 3.57. The van der Waals surface area contributed by atoms with E-state index >= 15 is 0 Å². The largest absolute Gasteiger partial charge is 0.452 e. The summed E-state index contributed by atoms with van der Waals surface area (Å²) in [7, 11) is 0. The van der Waals surface area contributed by atoms with E-state index in [2.05, 4.69) is 10.3 Å². The molecule has 1 aromatic heterocycles. The highest BCUT2D eigenvalue weighted by molar-refractivity contribution is 6.34. The Morgan fingerprint density at radius 2 is 1.87 bits per heavy atom. The summed E-state index contributed by atoms with van der Waals surface area (Å²) in [5, 5.41) is 2.39. The van der Waals surface area contributed by atoms with Crippen molar-refractivity contribution < 1.29 is 27.5 Å². The van der Waals surface area contributed by atoms with Crippen LogP contribution in [0.25, 0.3) is 10.9 Å². The van der Waals surface area contributed by atoms with Crippen molar-refractivity contribution in [2.24, 2.45) is 0 Å². The molecule has 1 aliphatic carbocycles. The lowest BCUT2D eigenvalue weighted by Gasteiger charge is -2.15. The Bertz CT molecular complexity index is 1180. The molecule has 0 spiro atoms. The number of halogens is 4. The van der Waals surface area contributed by atoms with Gasteiger partial charge in [0.2, 0.25) is 0 Å². The molecule has 1 amide bonds. The van der Waals surface area contributed by atoms with Crippen LogP contribution in [0.5, 0.6) is 0 Å². The molecule has 0 unspecified atom stereocenters. The summed E-state index contributed by atoms with van der Waals surface area (Å²) in [6, 6.07) is 11.9. The van der Waals surface area contributed by atoms with Crippen LogP contribution in [0.1, 0.15) is 40.4 Å². The molecule has 1 aliphatic rings. The quantitative estimate of drug-likeness (QED) is 0.517. The zero-order valence-corrected chi connectivity index (χ0v) is 16.8. The van der Waals surface area contributed by atoms with Crippen LogP contribution in [-0.4, -0.2) is 23.5 Å². The first kappa shape index (κ1) is 21.1. The summed E-state index contributed by atoms with van der Waals surface area (Å²) in [5.41, 5.74) is 0.00109. The maximum atomic E-state index is 13.2. The van der Waals surface area contributed by atoms with Crippen LogP contribution >= 0.6 is 11.6 Å². The van der Waals surface area contributed by atoms with E-state index in [1.54, 1.807) is 30.3 Å². The Hall–Kier alpha value is -3.13. The molecule has 0 aliphatic heterocycles. The molecule has 1 fully saturated rings. The van der Waals surface area contributed by atoms with Crippen LogP contribution < -0.4 is 5.32 Å². The van der Waals surface area contributed by atoms with Gasteiger partial charge >= 0.3 is 12.1 Å². The minimum absolute atomic E-state index is 0.258. The van der Waals surface area contributed by atoms with Crippen molar-refractivity contribution >= 4 is 40.1 Å². The van der Waals surface area contributed by atoms with Crippen LogP contribution in [0.2, 0.25) is 5.02 Å². The Kier molecular flexibility index (Phi) is 5.58. The first-order valence-corrected chi connectivity index (χ1v) is 9.84. The maximum absolute atomic E-state index is 13.2. The molecule has 0 radical (unpaired) electrons. The van der Waals surface area contributed by atoms with Gasteiger partial charge in [0.25, 0.3) is 5.91 Å². The number of nitrogens with one attached hydrogen (secondary N) is 1. The topological polar surface area (TPSA) is 68.3 Å². The van der Waals surface area contributed by atoms with Gasteiger partial charge in [-0.15, -0.1) is 0 Å². The van der Waals surface area contributed by atoms with E-state index < -0.39 is 35.9 Å². The van der Waals surface area contributed by atoms with Crippen molar-refractivity contribution in [3.8, 4) is 0 Å². The summed E-state index contributed by atoms with van der Waals surface area (Å²) in [6.07, 6.45) is -2.73. The molecule has 0 saturated heterocycles. The third-order valence-electron chi connectivity index (χ3n) is 4.87. The van der Waals surface area contributed by atoms with Crippen LogP contribution in [0.15, 0.2) is 48.5 Å². The average molecular weight is 449 g/mol. The fourth-order valence-electron chi connectivity index (χ4n) is 3.22. The molecule has 0 bridgehead atoms. The second kappa shape index (κ2) is 8.19. The van der Waals surface area contributed by atoms with Crippen molar-refractivity contribution in [2.75, 3.05) is 11.9 Å². The number of alkyl halides is 3. The second-order valence-corrected chi connectivity index (χ2v) is 7.58. The zero-order valence-electron chi connectivity index (χ0n) is 16.0. The van der Waals surface area contributed by atoms with Crippen LogP contribution in [0.4, 0.5) is 18.9 Å². The molecule has 4 rings (SSSR count). The lowest BCUT2D eigenvalue weighted by atomic mass is 10.1. The van der Waals surface area contributed by atoms with E-state index in [9.17, 15) is 22.8 Å². The molecule has 5 nitrogen and oxygen atoms in total. The van der Waals surface area contributed by atoms with Crippen molar-refractivity contribution in [1.82, 2.24) is 4.98 Å². The Morgan fingerprint density at radius 3 is 2.58 bits per heavy atom. The van der Waals surface area contributed by atoms with Crippen molar-refractivity contribution in [3.05, 3.63) is 70.4 Å². The van der Waals surface area contributed by atoms with Gasteiger partial charge in [-0.3, -0.25) is 9.78 Å². The summed E-state index contributed by atoms with van der Waals surface area (Å²) in [6.45, 7) is -0.767. The predicted octanol–water partition coefficient (Wildman–Crippen LogP) is 5.58. The number of anilines is 1. The van der Waals surface area contributed by atoms with E-state index in [0.717, 1.165) is 30.7 Å². The van der Waals surface area contributed by atoms with Crippen molar-refractivity contribution in [3.63, 3.8) is 0 Å². The molecule has 1 N–H and O–H groups in total. The van der Waals surface area contributed by atoms with E-state index in [1.807, 2.05) is 0 Å². The molecule has 1 heterocycles. The third-order valence-corrected chi connectivity index (χ3v) is 5.18. The van der Waals surface area contributed by atoms with Gasteiger partial charge in [-0.2, -0.15) is 13.2 Å². The number of ether oxygens (including phenoxy) is 1. The standard InChI is InChI=1S/C22H16ClF3N2O3/c23-16-6-3-5-15(22(24,25)26)20(16)28-19(29)11-31-21(30)14-10-18(12-8-9-12)27-17-7-2-1-4-13(14)17/h1-7,10,12H,8-9,11H2,(H,28,29). The molecule has 31 heavy (non-hydrogen) atoms. The SMILES string of the molecule is O=C(COC(=O)c1cc(C2CC2)nc2ccccc12)Nc1c(Cl)cccc1C(F)(F)F. The Balaban J connectivity index is 1.51. The van der Waals surface area contributed by atoms with Crippen molar-refractivity contribution in [2.45, 2.75) is 24.9 Å². The fourth-order valence-corrected chi connectivity index (χ4v) is 3.45. The Labute approximate surface area is 180 Å². The summed E-state index contributed by atoms with van der Waals surface area (Å²) in [4.78, 5) is 29.4. The number of hydrogen-bond donors (Lipinski definition) is 1. The van der Waals surface area contributed by atoms with Crippen LogP contribution in [-0.2, 0) is 15.7 Å². The van der Waals surface area contributed by atoms with Crippen LogP contribution in [0.3, 0.4) is 0 Å². The summed E-state index contributed by atoms with van der Waals surface area (Å²) < 4.78 is 44.6. The number of aromatic nitrogens is 1. The number of amides is 1. The number of benzene rings is 2. The fraction of sp³-hybridized carbons (Fsp3) is 0.227. The van der Waals surface area contributed by atoms with Gasteiger partial charge in [-0.25, -0.2) is 4.79 Å². The van der Waals surface area contributed by atoms with Gasteiger partial charge in [0.05, 0.1) is 27.4 Å².